The first-order valence-electron chi connectivity index (χ1n) is 6.74. The maximum Gasteiger partial charge on any atom is 0.161 e. The summed E-state index contributed by atoms with van der Waals surface area (Å²) in [5, 5.41) is 0. The van der Waals surface area contributed by atoms with Gasteiger partial charge in [0.25, 0.3) is 0 Å². The molecule has 1 heterocycles. The molecule has 1 aromatic heterocycles. The fourth-order valence-corrected chi connectivity index (χ4v) is 2.54. The third-order valence-electron chi connectivity index (χ3n) is 2.90. The second-order valence-corrected chi connectivity index (χ2v) is 5.34. The monoisotopic (exact) mass is 338 g/mol. The summed E-state index contributed by atoms with van der Waals surface area (Å²) >= 11 is 3.70. The van der Waals surface area contributed by atoms with Crippen LogP contribution < -0.4 is 9.47 Å². The zero-order valence-corrected chi connectivity index (χ0v) is 13.6. The van der Waals surface area contributed by atoms with Crippen molar-refractivity contribution < 1.29 is 13.9 Å². The molecule has 1 aromatic carbocycles. The molecule has 0 bridgehead atoms. The van der Waals surface area contributed by atoms with Crippen molar-refractivity contribution in [1.29, 1.82) is 0 Å². The lowest BCUT2D eigenvalue weighted by atomic mass is 10.1. The molecule has 0 spiro atoms. The van der Waals surface area contributed by atoms with Crippen LogP contribution in [0.4, 0.5) is 0 Å². The number of hydrogen-bond donors (Lipinski definition) is 0. The number of furan rings is 1. The number of aryl methyl sites for hydroxylation is 1. The molecule has 0 N–H and O–H groups in total. The molecular formula is C16H19BrO3. The maximum atomic E-state index is 5.65. The summed E-state index contributed by atoms with van der Waals surface area (Å²) in [5.41, 5.74) is 2.20. The molecule has 0 aliphatic rings. The van der Waals surface area contributed by atoms with Gasteiger partial charge >= 0.3 is 0 Å². The summed E-state index contributed by atoms with van der Waals surface area (Å²) in [4.78, 5) is 0.0785. The molecule has 0 aliphatic carbocycles. The van der Waals surface area contributed by atoms with Crippen molar-refractivity contribution in [2.24, 2.45) is 0 Å². The van der Waals surface area contributed by atoms with Gasteiger partial charge in [0, 0.05) is 5.56 Å². The number of rotatable bonds is 6. The van der Waals surface area contributed by atoms with Gasteiger partial charge in [0.2, 0.25) is 0 Å². The second kappa shape index (κ2) is 6.84. The van der Waals surface area contributed by atoms with Crippen LogP contribution in [0.3, 0.4) is 0 Å². The molecule has 1 unspecified atom stereocenters. The van der Waals surface area contributed by atoms with E-state index in [0.717, 1.165) is 28.4 Å². The van der Waals surface area contributed by atoms with Gasteiger partial charge < -0.3 is 13.9 Å². The molecule has 108 valence electrons. The van der Waals surface area contributed by atoms with Gasteiger partial charge in [-0.1, -0.05) is 22.0 Å². The molecule has 20 heavy (non-hydrogen) atoms. The van der Waals surface area contributed by atoms with Crippen LogP contribution in [-0.2, 0) is 0 Å². The minimum atomic E-state index is 0.0785. The van der Waals surface area contributed by atoms with Crippen LogP contribution in [0, 0.1) is 6.92 Å². The zero-order chi connectivity index (χ0) is 14.5. The van der Waals surface area contributed by atoms with Crippen LogP contribution in [-0.4, -0.2) is 13.2 Å². The van der Waals surface area contributed by atoms with Gasteiger partial charge in [-0.25, -0.2) is 0 Å². The van der Waals surface area contributed by atoms with E-state index in [4.69, 9.17) is 13.9 Å². The molecule has 0 saturated carbocycles. The molecule has 3 nitrogen and oxygen atoms in total. The van der Waals surface area contributed by atoms with E-state index in [2.05, 4.69) is 15.9 Å². The van der Waals surface area contributed by atoms with E-state index in [0.29, 0.717) is 13.2 Å². The van der Waals surface area contributed by atoms with Gasteiger partial charge in [0.15, 0.2) is 11.5 Å². The van der Waals surface area contributed by atoms with Gasteiger partial charge in [0.1, 0.15) is 5.76 Å². The minimum Gasteiger partial charge on any atom is -0.490 e. The predicted octanol–water partition coefficient (Wildman–Crippen LogP) is 4.87. The standard InChI is InChI=1S/C16H19BrO3/c1-4-18-14-7-6-12(9-15(14)19-5-2)16(17)13-8-11(3)20-10-13/h6-10,16H,4-5H2,1-3H3. The van der Waals surface area contributed by atoms with Gasteiger partial charge in [-0.3, -0.25) is 0 Å². The van der Waals surface area contributed by atoms with E-state index < -0.39 is 0 Å². The molecule has 4 heteroatoms. The minimum absolute atomic E-state index is 0.0785. The average molecular weight is 339 g/mol. The van der Waals surface area contributed by atoms with Crippen LogP contribution in [0.25, 0.3) is 0 Å². The summed E-state index contributed by atoms with van der Waals surface area (Å²) < 4.78 is 16.6. The Kier molecular flexibility index (Phi) is 5.12. The highest BCUT2D eigenvalue weighted by Crippen LogP contribution is 2.37. The van der Waals surface area contributed by atoms with Crippen molar-refractivity contribution in [2.45, 2.75) is 25.6 Å². The summed E-state index contributed by atoms with van der Waals surface area (Å²) in [6.07, 6.45) is 1.77. The summed E-state index contributed by atoms with van der Waals surface area (Å²) in [6, 6.07) is 8.02. The van der Waals surface area contributed by atoms with Crippen LogP contribution in [0.15, 0.2) is 34.9 Å². The maximum absolute atomic E-state index is 5.65. The van der Waals surface area contributed by atoms with Crippen molar-refractivity contribution >= 4 is 15.9 Å². The summed E-state index contributed by atoms with van der Waals surface area (Å²) in [6.45, 7) is 7.10. The number of ether oxygens (including phenoxy) is 2. The van der Waals surface area contributed by atoms with Crippen LogP contribution in [0.5, 0.6) is 11.5 Å². The molecule has 1 atom stereocenters. The van der Waals surface area contributed by atoms with Crippen molar-refractivity contribution in [3.63, 3.8) is 0 Å². The Balaban J connectivity index is 2.29. The third-order valence-corrected chi connectivity index (χ3v) is 3.96. The van der Waals surface area contributed by atoms with Crippen molar-refractivity contribution in [3.8, 4) is 11.5 Å². The highest BCUT2D eigenvalue weighted by atomic mass is 79.9. The third kappa shape index (κ3) is 3.37. The fourth-order valence-electron chi connectivity index (χ4n) is 2.01. The van der Waals surface area contributed by atoms with Gasteiger partial charge in [-0.2, -0.15) is 0 Å². The SMILES string of the molecule is CCOc1ccc(C(Br)c2coc(C)c2)cc1OCC. The molecular weight excluding hydrogens is 320 g/mol. The van der Waals surface area contributed by atoms with E-state index in [9.17, 15) is 0 Å². The summed E-state index contributed by atoms with van der Waals surface area (Å²) in [7, 11) is 0. The second-order valence-electron chi connectivity index (χ2n) is 4.43. The van der Waals surface area contributed by atoms with E-state index in [1.54, 1.807) is 6.26 Å². The Morgan fingerprint density at radius 2 is 1.75 bits per heavy atom. The van der Waals surface area contributed by atoms with E-state index >= 15 is 0 Å². The largest absolute Gasteiger partial charge is 0.490 e. The highest BCUT2D eigenvalue weighted by Gasteiger charge is 2.15. The first-order chi connectivity index (χ1) is 9.65. The molecule has 0 fully saturated rings. The van der Waals surface area contributed by atoms with E-state index in [1.165, 1.54) is 0 Å². The van der Waals surface area contributed by atoms with Crippen molar-refractivity contribution in [1.82, 2.24) is 0 Å². The molecule has 0 saturated heterocycles. The van der Waals surface area contributed by atoms with Crippen LogP contribution in [0.2, 0.25) is 0 Å². The van der Waals surface area contributed by atoms with Gasteiger partial charge in [0.05, 0.1) is 24.3 Å². The Labute approximate surface area is 128 Å². The fraction of sp³-hybridized carbons (Fsp3) is 0.375. The normalized spacial score (nSPS) is 12.2. The molecule has 2 rings (SSSR count). The van der Waals surface area contributed by atoms with Crippen LogP contribution in [0.1, 0.15) is 35.6 Å². The Hall–Kier alpha value is -1.42. The van der Waals surface area contributed by atoms with Crippen molar-refractivity contribution in [3.05, 3.63) is 47.4 Å². The Morgan fingerprint density at radius 3 is 2.35 bits per heavy atom. The first-order valence-corrected chi connectivity index (χ1v) is 7.65. The smallest absolute Gasteiger partial charge is 0.161 e. The zero-order valence-electron chi connectivity index (χ0n) is 12.0. The number of hydrogen-bond acceptors (Lipinski definition) is 3. The molecule has 0 amide bonds. The lowest BCUT2D eigenvalue weighted by Crippen LogP contribution is -2.00. The molecule has 0 radical (unpaired) electrons. The average Bonchev–Trinajstić information content (AvgIpc) is 2.87. The quantitative estimate of drug-likeness (QED) is 0.704. The van der Waals surface area contributed by atoms with Crippen LogP contribution >= 0.6 is 15.9 Å². The van der Waals surface area contributed by atoms with Crippen molar-refractivity contribution in [2.75, 3.05) is 13.2 Å². The first kappa shape index (κ1) is 15.0. The lowest BCUT2D eigenvalue weighted by molar-refractivity contribution is 0.287. The molecule has 2 aromatic rings. The topological polar surface area (TPSA) is 31.6 Å². The van der Waals surface area contributed by atoms with E-state index in [-0.39, 0.29) is 4.83 Å². The van der Waals surface area contributed by atoms with Gasteiger partial charge in [-0.05, 0) is 44.5 Å². The molecule has 0 aliphatic heterocycles. The number of benzene rings is 1. The Morgan fingerprint density at radius 1 is 1.05 bits per heavy atom. The predicted molar refractivity (Wildman–Crippen MR) is 83.0 cm³/mol. The summed E-state index contributed by atoms with van der Waals surface area (Å²) in [5.74, 6) is 2.46. The highest BCUT2D eigenvalue weighted by molar-refractivity contribution is 9.09. The Bertz CT molecular complexity index is 563. The van der Waals surface area contributed by atoms with Gasteiger partial charge in [-0.15, -0.1) is 0 Å². The van der Waals surface area contributed by atoms with E-state index in [1.807, 2.05) is 45.0 Å². The number of halogens is 1. The lowest BCUT2D eigenvalue weighted by Gasteiger charge is -2.14. The number of alkyl halides is 1.